The molecule has 2 aromatic carbocycles. The Hall–Kier alpha value is -2.33. The maximum atomic E-state index is 11.8. The van der Waals surface area contributed by atoms with Crippen LogP contribution in [0, 0.1) is 0 Å². The zero-order valence-corrected chi connectivity index (χ0v) is 9.58. The van der Waals surface area contributed by atoms with E-state index < -0.39 is 12.0 Å². The van der Waals surface area contributed by atoms with Crippen molar-refractivity contribution in [3.05, 3.63) is 60.2 Å². The molecular weight excluding hydrogens is 230 g/mol. The van der Waals surface area contributed by atoms with Gasteiger partial charge in [-0.25, -0.2) is 0 Å². The van der Waals surface area contributed by atoms with E-state index in [2.05, 4.69) is 5.32 Å². The average molecular weight is 243 g/mol. The first-order valence-corrected chi connectivity index (χ1v) is 5.50. The number of rotatable bonds is 3. The van der Waals surface area contributed by atoms with Gasteiger partial charge in [0.05, 0.1) is 5.69 Å². The van der Waals surface area contributed by atoms with Crippen molar-refractivity contribution >= 4 is 11.6 Å². The summed E-state index contributed by atoms with van der Waals surface area (Å²) in [5, 5.41) is 21.8. The second-order valence-electron chi connectivity index (χ2n) is 3.82. The predicted molar refractivity (Wildman–Crippen MR) is 68.1 cm³/mol. The molecule has 0 fully saturated rings. The number of hydrogen-bond donors (Lipinski definition) is 3. The van der Waals surface area contributed by atoms with Gasteiger partial charge in [0.25, 0.3) is 5.91 Å². The van der Waals surface area contributed by atoms with Crippen LogP contribution in [0.5, 0.6) is 5.75 Å². The molecule has 4 heteroatoms. The standard InChI is InChI=1S/C14H13NO3/c16-12-9-5-4-8-11(12)15-14(18)13(17)10-6-2-1-3-7-10/h1-9,13,16-17H,(H,15,18). The molecule has 3 N–H and O–H groups in total. The van der Waals surface area contributed by atoms with Gasteiger partial charge >= 0.3 is 0 Å². The Kier molecular flexibility index (Phi) is 3.60. The van der Waals surface area contributed by atoms with Gasteiger partial charge < -0.3 is 15.5 Å². The van der Waals surface area contributed by atoms with Crippen molar-refractivity contribution in [1.82, 2.24) is 0 Å². The Labute approximate surface area is 105 Å². The number of aliphatic hydroxyl groups is 1. The second kappa shape index (κ2) is 5.33. The number of nitrogens with one attached hydrogen (secondary N) is 1. The van der Waals surface area contributed by atoms with Gasteiger partial charge in [0.1, 0.15) is 5.75 Å². The van der Waals surface area contributed by atoms with Crippen molar-refractivity contribution in [2.75, 3.05) is 5.32 Å². The van der Waals surface area contributed by atoms with Gasteiger partial charge in [0.2, 0.25) is 0 Å². The Morgan fingerprint density at radius 3 is 2.28 bits per heavy atom. The average Bonchev–Trinajstić information content (AvgIpc) is 2.41. The number of carbonyl (C=O) groups is 1. The zero-order chi connectivity index (χ0) is 13.0. The third-order valence-corrected chi connectivity index (χ3v) is 2.53. The molecule has 0 saturated carbocycles. The Bertz CT molecular complexity index is 540. The lowest BCUT2D eigenvalue weighted by Gasteiger charge is -2.12. The van der Waals surface area contributed by atoms with Crippen molar-refractivity contribution < 1.29 is 15.0 Å². The Morgan fingerprint density at radius 1 is 1.00 bits per heavy atom. The highest BCUT2D eigenvalue weighted by Gasteiger charge is 2.17. The van der Waals surface area contributed by atoms with Crippen LogP contribution in [0.15, 0.2) is 54.6 Å². The SMILES string of the molecule is O=C(Nc1ccccc1O)C(O)c1ccccc1. The third-order valence-electron chi connectivity index (χ3n) is 2.53. The molecule has 0 radical (unpaired) electrons. The van der Waals surface area contributed by atoms with Crippen molar-refractivity contribution in [1.29, 1.82) is 0 Å². The number of aromatic hydroxyl groups is 1. The Morgan fingerprint density at radius 2 is 1.61 bits per heavy atom. The third kappa shape index (κ3) is 2.67. The molecule has 92 valence electrons. The van der Waals surface area contributed by atoms with Crippen LogP contribution in [-0.2, 0) is 4.79 Å². The van der Waals surface area contributed by atoms with Crippen LogP contribution < -0.4 is 5.32 Å². The maximum Gasteiger partial charge on any atom is 0.257 e. The molecule has 18 heavy (non-hydrogen) atoms. The molecule has 0 heterocycles. The molecule has 0 spiro atoms. The summed E-state index contributed by atoms with van der Waals surface area (Å²) in [5.41, 5.74) is 0.780. The fourth-order valence-electron chi connectivity index (χ4n) is 1.57. The number of benzene rings is 2. The largest absolute Gasteiger partial charge is 0.506 e. The number of amides is 1. The van der Waals surface area contributed by atoms with E-state index in [9.17, 15) is 15.0 Å². The first-order chi connectivity index (χ1) is 8.68. The molecular formula is C14H13NO3. The number of para-hydroxylation sites is 2. The summed E-state index contributed by atoms with van der Waals surface area (Å²) in [7, 11) is 0. The van der Waals surface area contributed by atoms with E-state index in [0.717, 1.165) is 0 Å². The van der Waals surface area contributed by atoms with Crippen LogP contribution in [0.3, 0.4) is 0 Å². The topological polar surface area (TPSA) is 69.6 Å². The van der Waals surface area contributed by atoms with Crippen molar-refractivity contribution in [3.63, 3.8) is 0 Å². The number of phenolic OH excluding ortho intramolecular Hbond substituents is 1. The zero-order valence-electron chi connectivity index (χ0n) is 9.58. The van der Waals surface area contributed by atoms with E-state index in [0.29, 0.717) is 5.56 Å². The highest BCUT2D eigenvalue weighted by molar-refractivity contribution is 5.95. The summed E-state index contributed by atoms with van der Waals surface area (Å²) in [6.45, 7) is 0. The molecule has 1 amide bonds. The van der Waals surface area contributed by atoms with Gasteiger partial charge in [-0.3, -0.25) is 4.79 Å². The van der Waals surface area contributed by atoms with Crippen LogP contribution >= 0.6 is 0 Å². The van der Waals surface area contributed by atoms with Gasteiger partial charge in [-0.05, 0) is 17.7 Å². The molecule has 0 aliphatic rings. The second-order valence-corrected chi connectivity index (χ2v) is 3.82. The molecule has 0 aromatic heterocycles. The minimum Gasteiger partial charge on any atom is -0.506 e. The van der Waals surface area contributed by atoms with E-state index >= 15 is 0 Å². The lowest BCUT2D eigenvalue weighted by Crippen LogP contribution is -2.20. The Balaban J connectivity index is 2.12. The number of aliphatic hydroxyl groups excluding tert-OH is 1. The first kappa shape index (κ1) is 12.1. The molecule has 1 unspecified atom stereocenters. The van der Waals surface area contributed by atoms with E-state index in [1.807, 2.05) is 0 Å². The normalized spacial score (nSPS) is 11.8. The van der Waals surface area contributed by atoms with Crippen LogP contribution in [0.4, 0.5) is 5.69 Å². The summed E-state index contributed by atoms with van der Waals surface area (Å²) in [5.74, 6) is -0.617. The summed E-state index contributed by atoms with van der Waals surface area (Å²) >= 11 is 0. The predicted octanol–water partition coefficient (Wildman–Crippen LogP) is 2.06. The maximum absolute atomic E-state index is 11.8. The van der Waals surface area contributed by atoms with E-state index in [1.54, 1.807) is 48.5 Å². The molecule has 2 aromatic rings. The summed E-state index contributed by atoms with van der Waals surface area (Å²) in [6.07, 6.45) is -1.26. The number of phenols is 1. The fraction of sp³-hybridized carbons (Fsp3) is 0.0714. The van der Waals surface area contributed by atoms with Crippen molar-refractivity contribution in [2.24, 2.45) is 0 Å². The van der Waals surface area contributed by atoms with Crippen LogP contribution in [-0.4, -0.2) is 16.1 Å². The van der Waals surface area contributed by atoms with Crippen LogP contribution in [0.1, 0.15) is 11.7 Å². The minimum atomic E-state index is -1.26. The van der Waals surface area contributed by atoms with Crippen LogP contribution in [0.2, 0.25) is 0 Å². The first-order valence-electron chi connectivity index (χ1n) is 5.50. The van der Waals surface area contributed by atoms with Gasteiger partial charge in [0, 0.05) is 0 Å². The van der Waals surface area contributed by atoms with Gasteiger partial charge in [-0.2, -0.15) is 0 Å². The molecule has 4 nitrogen and oxygen atoms in total. The number of anilines is 1. The highest BCUT2D eigenvalue weighted by atomic mass is 16.3. The lowest BCUT2D eigenvalue weighted by molar-refractivity contribution is -0.124. The summed E-state index contributed by atoms with van der Waals surface area (Å²) in [4.78, 5) is 11.8. The quantitative estimate of drug-likeness (QED) is 0.723. The molecule has 0 saturated heterocycles. The summed E-state index contributed by atoms with van der Waals surface area (Å²) < 4.78 is 0. The van der Waals surface area contributed by atoms with Crippen molar-refractivity contribution in [2.45, 2.75) is 6.10 Å². The molecule has 2 rings (SSSR count). The highest BCUT2D eigenvalue weighted by Crippen LogP contribution is 2.23. The molecule has 0 aliphatic carbocycles. The molecule has 0 aliphatic heterocycles. The summed E-state index contributed by atoms with van der Waals surface area (Å²) in [6, 6.07) is 15.0. The lowest BCUT2D eigenvalue weighted by atomic mass is 10.1. The van der Waals surface area contributed by atoms with Crippen LogP contribution in [0.25, 0.3) is 0 Å². The molecule has 1 atom stereocenters. The van der Waals surface area contributed by atoms with E-state index in [1.165, 1.54) is 6.07 Å². The van der Waals surface area contributed by atoms with E-state index in [-0.39, 0.29) is 11.4 Å². The van der Waals surface area contributed by atoms with Crippen molar-refractivity contribution in [3.8, 4) is 5.75 Å². The minimum absolute atomic E-state index is 0.0360. The van der Waals surface area contributed by atoms with Gasteiger partial charge in [0.15, 0.2) is 6.10 Å². The monoisotopic (exact) mass is 243 g/mol. The smallest absolute Gasteiger partial charge is 0.257 e. The number of carbonyl (C=O) groups excluding carboxylic acids is 1. The van der Waals surface area contributed by atoms with E-state index in [4.69, 9.17) is 0 Å². The molecule has 0 bridgehead atoms. The van der Waals surface area contributed by atoms with Gasteiger partial charge in [-0.15, -0.1) is 0 Å². The fourth-order valence-corrected chi connectivity index (χ4v) is 1.57. The van der Waals surface area contributed by atoms with Gasteiger partial charge in [-0.1, -0.05) is 42.5 Å². The number of hydrogen-bond acceptors (Lipinski definition) is 3.